The van der Waals surface area contributed by atoms with Gasteiger partial charge in [-0.2, -0.15) is 0 Å². The average molecular weight is 308 g/mol. The Morgan fingerprint density at radius 2 is 2.08 bits per heavy atom. The fraction of sp³-hybridized carbons (Fsp3) is 0.778. The normalized spacial score (nSPS) is 20.8. The van der Waals surface area contributed by atoms with Crippen LogP contribution in [-0.2, 0) is 5.41 Å². The summed E-state index contributed by atoms with van der Waals surface area (Å²) >= 11 is 4.03. The van der Waals surface area contributed by atoms with Gasteiger partial charge in [0.15, 0.2) is 3.01 Å². The predicted octanol–water partition coefficient (Wildman–Crippen LogP) is 3.36. The fourth-order valence-corrected chi connectivity index (χ4v) is 3.81. The Bertz CT molecular complexity index is 292. The highest BCUT2D eigenvalue weighted by Gasteiger charge is 2.36. The topological polar surface area (TPSA) is 25.8 Å². The smallest absolute Gasteiger partial charge is 0.142 e. The van der Waals surface area contributed by atoms with Crippen molar-refractivity contribution in [1.82, 2.24) is 10.2 Å². The van der Waals surface area contributed by atoms with E-state index in [0.717, 1.165) is 3.01 Å². The molecule has 1 fully saturated rings. The lowest BCUT2D eigenvalue weighted by Crippen LogP contribution is -2.20. The van der Waals surface area contributed by atoms with E-state index in [1.54, 1.807) is 11.3 Å². The molecule has 2 nitrogen and oxygen atoms in total. The van der Waals surface area contributed by atoms with Crippen molar-refractivity contribution in [2.75, 3.05) is 0 Å². The van der Waals surface area contributed by atoms with Crippen LogP contribution in [-0.4, -0.2) is 10.2 Å². The van der Waals surface area contributed by atoms with Crippen molar-refractivity contribution in [2.24, 2.45) is 0 Å². The molecule has 0 aliphatic heterocycles. The summed E-state index contributed by atoms with van der Waals surface area (Å²) < 4.78 is 1.08. The molecule has 1 heterocycles. The molecule has 1 aromatic rings. The Labute approximate surface area is 96.3 Å². The van der Waals surface area contributed by atoms with E-state index >= 15 is 0 Å². The molecule has 4 heteroatoms. The van der Waals surface area contributed by atoms with Gasteiger partial charge in [-0.25, -0.2) is 0 Å². The highest BCUT2D eigenvalue weighted by Crippen LogP contribution is 2.44. The number of nitrogens with zero attached hydrogens (tertiary/aromatic N) is 2. The molecule has 0 aromatic carbocycles. The summed E-state index contributed by atoms with van der Waals surface area (Å²) in [4.78, 5) is 0. The minimum atomic E-state index is 0.390. The van der Waals surface area contributed by atoms with E-state index in [0.29, 0.717) is 5.41 Å². The Kier molecular flexibility index (Phi) is 2.88. The van der Waals surface area contributed by atoms with Crippen LogP contribution in [0, 0.1) is 3.01 Å². The molecule has 1 aliphatic rings. The molecule has 0 unspecified atom stereocenters. The van der Waals surface area contributed by atoms with Gasteiger partial charge in [0.1, 0.15) is 5.01 Å². The maximum Gasteiger partial charge on any atom is 0.178 e. The van der Waals surface area contributed by atoms with Gasteiger partial charge in [0.25, 0.3) is 0 Å². The third-order valence-corrected chi connectivity index (χ3v) is 4.93. The van der Waals surface area contributed by atoms with Gasteiger partial charge in [0, 0.05) is 5.41 Å². The lowest BCUT2D eigenvalue weighted by Gasteiger charge is -2.23. The fourth-order valence-electron chi connectivity index (χ4n) is 2.19. The third-order valence-electron chi connectivity index (χ3n) is 3.09. The molecular weight excluding hydrogens is 295 g/mol. The zero-order valence-corrected chi connectivity index (χ0v) is 10.7. The lowest BCUT2D eigenvalue weighted by molar-refractivity contribution is 0.419. The van der Waals surface area contributed by atoms with Crippen LogP contribution in [0.5, 0.6) is 0 Å². The minimum Gasteiger partial charge on any atom is -0.142 e. The monoisotopic (exact) mass is 308 g/mol. The second-order valence-electron chi connectivity index (χ2n) is 3.70. The molecule has 0 bridgehead atoms. The second-order valence-corrected chi connectivity index (χ2v) is 6.43. The summed E-state index contributed by atoms with van der Waals surface area (Å²) in [5, 5.41) is 9.69. The van der Waals surface area contributed by atoms with Crippen LogP contribution < -0.4 is 0 Å². The zero-order chi connectivity index (χ0) is 9.31. The van der Waals surface area contributed by atoms with E-state index in [1.807, 2.05) is 0 Å². The third kappa shape index (κ3) is 1.75. The van der Waals surface area contributed by atoms with E-state index < -0.39 is 0 Å². The minimum absolute atomic E-state index is 0.390. The molecule has 0 saturated heterocycles. The average Bonchev–Trinajstić information content (AvgIpc) is 2.73. The summed E-state index contributed by atoms with van der Waals surface area (Å²) in [6.45, 7) is 2.28. The van der Waals surface area contributed by atoms with Crippen molar-refractivity contribution in [3.63, 3.8) is 0 Å². The van der Waals surface area contributed by atoms with Crippen LogP contribution in [0.1, 0.15) is 44.0 Å². The highest BCUT2D eigenvalue weighted by atomic mass is 127. The number of hydrogen-bond acceptors (Lipinski definition) is 3. The van der Waals surface area contributed by atoms with Crippen LogP contribution in [0.25, 0.3) is 0 Å². The predicted molar refractivity (Wildman–Crippen MR) is 63.1 cm³/mol. The Balaban J connectivity index is 2.30. The molecule has 0 radical (unpaired) electrons. The molecule has 2 rings (SSSR count). The van der Waals surface area contributed by atoms with Gasteiger partial charge < -0.3 is 0 Å². The van der Waals surface area contributed by atoms with Gasteiger partial charge in [-0.15, -0.1) is 10.2 Å². The van der Waals surface area contributed by atoms with E-state index in [-0.39, 0.29) is 0 Å². The van der Waals surface area contributed by atoms with Crippen LogP contribution in [0.15, 0.2) is 0 Å². The molecule has 1 aliphatic carbocycles. The maximum absolute atomic E-state index is 4.30. The largest absolute Gasteiger partial charge is 0.178 e. The summed E-state index contributed by atoms with van der Waals surface area (Å²) in [6, 6.07) is 0. The first kappa shape index (κ1) is 9.83. The summed E-state index contributed by atoms with van der Waals surface area (Å²) in [6.07, 6.45) is 6.58. The van der Waals surface area contributed by atoms with Crippen molar-refractivity contribution < 1.29 is 0 Å². The molecule has 13 heavy (non-hydrogen) atoms. The Morgan fingerprint density at radius 1 is 1.38 bits per heavy atom. The van der Waals surface area contributed by atoms with Crippen molar-refractivity contribution in [3.05, 3.63) is 8.02 Å². The van der Waals surface area contributed by atoms with Crippen molar-refractivity contribution in [1.29, 1.82) is 0 Å². The molecule has 0 amide bonds. The first-order valence-corrected chi connectivity index (χ1v) is 6.66. The van der Waals surface area contributed by atoms with Crippen LogP contribution in [0.2, 0.25) is 0 Å². The SMILES string of the molecule is CCC1(c2nnc(I)s2)CCCC1. The molecule has 0 spiro atoms. The first-order chi connectivity index (χ1) is 6.27. The number of rotatable bonds is 2. The Hall–Kier alpha value is 0.290. The van der Waals surface area contributed by atoms with Crippen molar-refractivity contribution in [2.45, 2.75) is 44.4 Å². The zero-order valence-electron chi connectivity index (χ0n) is 7.72. The molecule has 72 valence electrons. The highest BCUT2D eigenvalue weighted by molar-refractivity contribution is 14.1. The number of halogens is 1. The molecule has 1 aromatic heterocycles. The van der Waals surface area contributed by atoms with Crippen LogP contribution >= 0.6 is 33.9 Å². The quantitative estimate of drug-likeness (QED) is 0.783. The van der Waals surface area contributed by atoms with E-state index in [4.69, 9.17) is 0 Å². The molecule has 1 saturated carbocycles. The van der Waals surface area contributed by atoms with Gasteiger partial charge in [-0.05, 0) is 41.9 Å². The van der Waals surface area contributed by atoms with Crippen LogP contribution in [0.4, 0.5) is 0 Å². The van der Waals surface area contributed by atoms with E-state index in [1.165, 1.54) is 37.1 Å². The van der Waals surface area contributed by atoms with Gasteiger partial charge in [-0.1, -0.05) is 31.1 Å². The van der Waals surface area contributed by atoms with E-state index in [2.05, 4.69) is 39.7 Å². The van der Waals surface area contributed by atoms with Gasteiger partial charge >= 0.3 is 0 Å². The van der Waals surface area contributed by atoms with Crippen LogP contribution in [0.3, 0.4) is 0 Å². The lowest BCUT2D eigenvalue weighted by atomic mass is 9.84. The summed E-state index contributed by atoms with van der Waals surface area (Å²) in [7, 11) is 0. The number of hydrogen-bond donors (Lipinski definition) is 0. The van der Waals surface area contributed by atoms with Gasteiger partial charge in [-0.3, -0.25) is 0 Å². The number of aromatic nitrogens is 2. The molecule has 0 N–H and O–H groups in total. The summed E-state index contributed by atoms with van der Waals surface area (Å²) in [5.41, 5.74) is 0.390. The van der Waals surface area contributed by atoms with Gasteiger partial charge in [0.2, 0.25) is 0 Å². The standard InChI is InChI=1S/C9H13IN2S/c1-2-9(5-3-4-6-9)7-11-12-8(10)13-7/h2-6H2,1H3. The molecular formula is C9H13IN2S. The Morgan fingerprint density at radius 3 is 2.54 bits per heavy atom. The first-order valence-electron chi connectivity index (χ1n) is 4.76. The van der Waals surface area contributed by atoms with Crippen molar-refractivity contribution >= 4 is 33.9 Å². The molecule has 0 atom stereocenters. The van der Waals surface area contributed by atoms with Crippen molar-refractivity contribution in [3.8, 4) is 0 Å². The second kappa shape index (κ2) is 3.81. The van der Waals surface area contributed by atoms with E-state index in [9.17, 15) is 0 Å². The van der Waals surface area contributed by atoms with Gasteiger partial charge in [0.05, 0.1) is 0 Å². The maximum atomic E-state index is 4.30. The summed E-state index contributed by atoms with van der Waals surface area (Å²) in [5.74, 6) is 0.